The minimum Gasteiger partial charge on any atom is -0.308 e. The first kappa shape index (κ1) is 16.0. The molecule has 23 heavy (non-hydrogen) atoms. The second kappa shape index (κ2) is 5.95. The van der Waals surface area contributed by atoms with Crippen molar-refractivity contribution in [3.63, 3.8) is 0 Å². The van der Waals surface area contributed by atoms with Crippen LogP contribution >= 0.6 is 0 Å². The number of hydrogen-bond donors (Lipinski definition) is 0. The Labute approximate surface area is 138 Å². The van der Waals surface area contributed by atoms with Crippen molar-refractivity contribution in [3.8, 4) is 0 Å². The van der Waals surface area contributed by atoms with Crippen LogP contribution in [0.2, 0.25) is 0 Å². The fourth-order valence-electron chi connectivity index (χ4n) is 3.13. The first-order valence-corrected chi connectivity index (χ1v) is 9.51. The molecular weight excluding hydrogens is 306 g/mol. The molecule has 0 saturated carbocycles. The van der Waals surface area contributed by atoms with E-state index in [9.17, 15) is 8.42 Å². The molecule has 120 valence electrons. The molecule has 0 bridgehead atoms. The largest absolute Gasteiger partial charge is 0.308 e. The Balaban J connectivity index is 2.23. The third-order valence-electron chi connectivity index (χ3n) is 4.22. The Bertz CT molecular complexity index is 867. The van der Waals surface area contributed by atoms with Gasteiger partial charge in [0.1, 0.15) is 0 Å². The number of nitrogens with zero attached hydrogens (tertiary/aromatic N) is 1. The summed E-state index contributed by atoms with van der Waals surface area (Å²) in [5.74, 6) is 0.146. The minimum atomic E-state index is -3.22. The van der Waals surface area contributed by atoms with E-state index >= 15 is 0 Å². The molecule has 0 aliphatic heterocycles. The number of benzene rings is 2. The van der Waals surface area contributed by atoms with Gasteiger partial charge in [-0.25, -0.2) is 8.42 Å². The van der Waals surface area contributed by atoms with Crippen LogP contribution in [0.3, 0.4) is 0 Å². The number of hydrogen-bond acceptors (Lipinski definition) is 3. The molecule has 1 unspecified atom stereocenters. The van der Waals surface area contributed by atoms with Gasteiger partial charge >= 0.3 is 0 Å². The Morgan fingerprint density at radius 3 is 2.26 bits per heavy atom. The maximum atomic E-state index is 12.0. The average molecular weight is 327 g/mol. The molecule has 2 aromatic rings. The van der Waals surface area contributed by atoms with Gasteiger partial charge in [0, 0.05) is 18.7 Å². The molecular formula is C19H21NO2S. The average Bonchev–Trinajstić information content (AvgIpc) is 2.64. The minimum absolute atomic E-state index is 0.146. The third-order valence-corrected chi connectivity index (χ3v) is 5.33. The van der Waals surface area contributed by atoms with Gasteiger partial charge in [-0.15, -0.1) is 0 Å². The van der Waals surface area contributed by atoms with Gasteiger partial charge in [-0.3, -0.25) is 0 Å². The van der Waals surface area contributed by atoms with Crippen molar-refractivity contribution in [3.05, 3.63) is 64.7 Å². The fraction of sp³-hybridized carbons (Fsp3) is 0.263. The lowest BCUT2D eigenvalue weighted by atomic mass is 9.87. The quantitative estimate of drug-likeness (QED) is 0.868. The molecule has 0 saturated heterocycles. The van der Waals surface area contributed by atoms with E-state index in [2.05, 4.69) is 29.2 Å². The van der Waals surface area contributed by atoms with Gasteiger partial charge < -0.3 is 4.90 Å². The van der Waals surface area contributed by atoms with Crippen LogP contribution in [0, 0.1) is 0 Å². The number of fused-ring (bicyclic) bond motifs is 2. The van der Waals surface area contributed by atoms with Crippen molar-refractivity contribution in [2.75, 3.05) is 26.9 Å². The number of sulfone groups is 1. The van der Waals surface area contributed by atoms with E-state index in [4.69, 9.17) is 0 Å². The molecule has 3 nitrogen and oxygen atoms in total. The second-order valence-corrected chi connectivity index (χ2v) is 8.36. The summed E-state index contributed by atoms with van der Waals surface area (Å²) in [6.07, 6.45) is 5.45. The van der Waals surface area contributed by atoms with Gasteiger partial charge in [-0.2, -0.15) is 0 Å². The highest BCUT2D eigenvalue weighted by Gasteiger charge is 2.23. The molecule has 0 N–H and O–H groups in total. The van der Waals surface area contributed by atoms with Crippen molar-refractivity contribution in [1.82, 2.24) is 4.90 Å². The first-order valence-electron chi connectivity index (χ1n) is 7.62. The van der Waals surface area contributed by atoms with Gasteiger partial charge in [0.15, 0.2) is 9.84 Å². The van der Waals surface area contributed by atoms with Crippen LogP contribution in [-0.2, 0) is 9.84 Å². The summed E-state index contributed by atoms with van der Waals surface area (Å²) in [7, 11) is 0.870. The van der Waals surface area contributed by atoms with Gasteiger partial charge in [-0.05, 0) is 48.5 Å². The lowest BCUT2D eigenvalue weighted by Gasteiger charge is -2.24. The summed E-state index contributed by atoms with van der Waals surface area (Å²) in [5.41, 5.74) is 4.58. The van der Waals surface area contributed by atoms with Crippen LogP contribution in [0.4, 0.5) is 0 Å². The molecule has 1 atom stereocenters. The molecule has 1 aliphatic carbocycles. The number of rotatable bonds is 3. The fourth-order valence-corrected chi connectivity index (χ4v) is 3.78. The van der Waals surface area contributed by atoms with Crippen LogP contribution in [0.15, 0.2) is 47.4 Å². The highest BCUT2D eigenvalue weighted by Crippen LogP contribution is 2.36. The van der Waals surface area contributed by atoms with Crippen molar-refractivity contribution in [1.29, 1.82) is 0 Å². The standard InChI is InChI=1S/C19H21NO2S/c1-20(2)13-19-17-7-5-4-6-14(17)8-9-15-10-11-16(12-18(15)19)23(3,21)22/h4-12,19H,13H2,1-3H3. The Morgan fingerprint density at radius 1 is 0.957 bits per heavy atom. The Morgan fingerprint density at radius 2 is 1.61 bits per heavy atom. The summed E-state index contributed by atoms with van der Waals surface area (Å²) >= 11 is 0. The van der Waals surface area contributed by atoms with Crippen molar-refractivity contribution in [2.45, 2.75) is 10.8 Å². The molecule has 0 heterocycles. The summed E-state index contributed by atoms with van der Waals surface area (Å²) in [6, 6.07) is 13.8. The molecule has 0 radical (unpaired) electrons. The van der Waals surface area contributed by atoms with Gasteiger partial charge in [-0.1, -0.05) is 42.5 Å². The lowest BCUT2D eigenvalue weighted by molar-refractivity contribution is 0.391. The normalized spacial score (nSPS) is 16.8. The van der Waals surface area contributed by atoms with E-state index in [1.165, 1.54) is 17.4 Å². The monoisotopic (exact) mass is 327 g/mol. The smallest absolute Gasteiger partial charge is 0.175 e. The molecule has 0 aromatic heterocycles. The molecule has 0 spiro atoms. The Kier molecular flexibility index (Phi) is 4.13. The maximum absolute atomic E-state index is 12.0. The first-order chi connectivity index (χ1) is 10.9. The van der Waals surface area contributed by atoms with Crippen molar-refractivity contribution >= 4 is 22.0 Å². The summed E-state index contributed by atoms with van der Waals surface area (Å²) in [6.45, 7) is 0.832. The van der Waals surface area contributed by atoms with Crippen LogP contribution in [0.1, 0.15) is 28.2 Å². The van der Waals surface area contributed by atoms with Crippen molar-refractivity contribution in [2.24, 2.45) is 0 Å². The topological polar surface area (TPSA) is 37.4 Å². The maximum Gasteiger partial charge on any atom is 0.175 e. The molecule has 2 aromatic carbocycles. The van der Waals surface area contributed by atoms with Crippen LogP contribution < -0.4 is 0 Å². The van der Waals surface area contributed by atoms with E-state index in [1.54, 1.807) is 6.07 Å². The van der Waals surface area contributed by atoms with Crippen LogP contribution in [0.5, 0.6) is 0 Å². The highest BCUT2D eigenvalue weighted by atomic mass is 32.2. The van der Waals surface area contributed by atoms with Crippen LogP contribution in [0.25, 0.3) is 12.2 Å². The van der Waals surface area contributed by atoms with E-state index in [0.717, 1.165) is 17.7 Å². The zero-order valence-corrected chi connectivity index (χ0v) is 14.5. The lowest BCUT2D eigenvalue weighted by Crippen LogP contribution is -2.22. The van der Waals surface area contributed by atoms with Crippen LogP contribution in [-0.4, -0.2) is 40.2 Å². The zero-order valence-electron chi connectivity index (χ0n) is 13.7. The predicted octanol–water partition coefficient (Wildman–Crippen LogP) is 3.27. The van der Waals surface area contributed by atoms with Gasteiger partial charge in [0.25, 0.3) is 0 Å². The molecule has 3 rings (SSSR count). The summed E-state index contributed by atoms with van der Waals surface area (Å²) in [4.78, 5) is 2.52. The Hall–Kier alpha value is -1.91. The van der Waals surface area contributed by atoms with Crippen molar-refractivity contribution < 1.29 is 8.42 Å². The second-order valence-electron chi connectivity index (χ2n) is 6.34. The molecule has 4 heteroatoms. The van der Waals surface area contributed by atoms with E-state index in [1.807, 2.05) is 38.4 Å². The molecule has 0 amide bonds. The highest BCUT2D eigenvalue weighted by molar-refractivity contribution is 7.90. The molecule has 1 aliphatic rings. The van der Waals surface area contributed by atoms with E-state index in [-0.39, 0.29) is 5.92 Å². The molecule has 0 fully saturated rings. The zero-order chi connectivity index (χ0) is 16.6. The van der Waals surface area contributed by atoms with Gasteiger partial charge in [0.2, 0.25) is 0 Å². The van der Waals surface area contributed by atoms with E-state index < -0.39 is 9.84 Å². The number of likely N-dealkylation sites (N-methyl/N-ethyl adjacent to an activating group) is 1. The predicted molar refractivity (Wildman–Crippen MR) is 95.3 cm³/mol. The third kappa shape index (κ3) is 3.23. The van der Waals surface area contributed by atoms with Gasteiger partial charge in [0.05, 0.1) is 4.90 Å². The summed E-state index contributed by atoms with van der Waals surface area (Å²) in [5, 5.41) is 0. The summed E-state index contributed by atoms with van der Waals surface area (Å²) < 4.78 is 23.9. The SMILES string of the molecule is CN(C)CC1c2ccccc2C=Cc2ccc(S(C)(=O)=O)cc21. The van der Waals surface area contributed by atoms with E-state index in [0.29, 0.717) is 4.90 Å².